The molecule has 3 aromatic carbocycles. The summed E-state index contributed by atoms with van der Waals surface area (Å²) in [7, 11) is -2.13. The second-order valence-electron chi connectivity index (χ2n) is 7.81. The van der Waals surface area contributed by atoms with E-state index in [1.54, 1.807) is 31.3 Å². The molecule has 0 atom stereocenters. The third-order valence-corrected chi connectivity index (χ3v) is 7.82. The van der Waals surface area contributed by atoms with E-state index in [9.17, 15) is 8.42 Å². The second-order valence-corrected chi connectivity index (χ2v) is 11.0. The van der Waals surface area contributed by atoms with Crippen molar-refractivity contribution in [1.29, 1.82) is 0 Å². The van der Waals surface area contributed by atoms with Crippen LogP contribution in [0.1, 0.15) is 29.5 Å². The Morgan fingerprint density at radius 2 is 1.32 bits per heavy atom. The van der Waals surface area contributed by atoms with Gasteiger partial charge in [0, 0.05) is 29.1 Å². The molecule has 0 radical (unpaired) electrons. The molecular formula is C26H31Br2NO4S. The lowest BCUT2D eigenvalue weighted by atomic mass is 10.1. The van der Waals surface area contributed by atoms with Crippen LogP contribution < -0.4 is 0 Å². The van der Waals surface area contributed by atoms with Crippen LogP contribution in [0.3, 0.4) is 0 Å². The Hall–Kier alpha value is -1.55. The minimum Gasteiger partial charge on any atom is -0.396 e. The third-order valence-electron chi connectivity index (χ3n) is 4.97. The average molecular weight is 613 g/mol. The number of hydroxylamine groups is 2. The second kappa shape index (κ2) is 14.8. The number of benzene rings is 3. The zero-order valence-corrected chi connectivity index (χ0v) is 23.4. The lowest BCUT2D eigenvalue weighted by molar-refractivity contribution is -0.0245. The molecule has 0 aliphatic carbocycles. The van der Waals surface area contributed by atoms with E-state index in [1.165, 1.54) is 16.2 Å². The van der Waals surface area contributed by atoms with Crippen molar-refractivity contribution in [2.24, 2.45) is 0 Å². The average Bonchev–Trinajstić information content (AvgIpc) is 2.80. The fourth-order valence-corrected chi connectivity index (χ4v) is 5.05. The molecule has 1 N–H and O–H groups in total. The number of halogens is 2. The molecule has 0 spiro atoms. The molecule has 0 unspecified atom stereocenters. The Balaban J connectivity index is 0.000000310. The fourth-order valence-electron chi connectivity index (χ4n) is 3.12. The SMILES string of the molecule is Cc1ccc(S(=O)(=O)ON(C)CCCc2ccccc2Br)cc1.OCCCc1ccccc1Br. The molecule has 5 nitrogen and oxygen atoms in total. The lowest BCUT2D eigenvalue weighted by Gasteiger charge is -2.16. The minimum atomic E-state index is -3.76. The predicted octanol–water partition coefficient (Wildman–Crippen LogP) is 6.32. The van der Waals surface area contributed by atoms with E-state index in [0.29, 0.717) is 6.54 Å². The van der Waals surface area contributed by atoms with Crippen molar-refractivity contribution in [2.45, 2.75) is 37.5 Å². The summed E-state index contributed by atoms with van der Waals surface area (Å²) < 4.78 is 31.7. The van der Waals surface area contributed by atoms with Crippen LogP contribution in [0.15, 0.2) is 86.6 Å². The zero-order valence-electron chi connectivity index (χ0n) is 19.5. The standard InChI is InChI=1S/C17H20BrNO3S.C9H11BrO/c1-14-9-11-16(12-10-14)23(20,21)22-19(2)13-5-7-15-6-3-4-8-17(15)18;10-9-6-2-1-4-8(9)5-3-7-11/h3-4,6,8-12H,5,7,13H2,1-2H3;1-2,4,6,11H,3,5,7H2. The molecule has 0 amide bonds. The summed E-state index contributed by atoms with van der Waals surface area (Å²) in [5, 5.41) is 9.97. The van der Waals surface area contributed by atoms with Crippen LogP contribution in [-0.2, 0) is 27.2 Å². The highest BCUT2D eigenvalue weighted by Crippen LogP contribution is 2.19. The summed E-state index contributed by atoms with van der Waals surface area (Å²) >= 11 is 6.95. The van der Waals surface area contributed by atoms with Crippen molar-refractivity contribution in [3.63, 3.8) is 0 Å². The summed E-state index contributed by atoms with van der Waals surface area (Å²) in [6, 6.07) is 22.7. The molecular weight excluding hydrogens is 582 g/mol. The van der Waals surface area contributed by atoms with Crippen molar-refractivity contribution in [3.8, 4) is 0 Å². The van der Waals surface area contributed by atoms with Crippen molar-refractivity contribution in [1.82, 2.24) is 5.06 Å². The summed E-state index contributed by atoms with van der Waals surface area (Å²) in [5.41, 5.74) is 3.47. The first-order valence-corrected chi connectivity index (χ1v) is 14.0. The van der Waals surface area contributed by atoms with Gasteiger partial charge in [-0.25, -0.2) is 0 Å². The molecule has 0 aliphatic rings. The number of rotatable bonds is 10. The first-order valence-electron chi connectivity index (χ1n) is 11.0. The molecule has 0 fully saturated rings. The number of aliphatic hydroxyl groups is 1. The van der Waals surface area contributed by atoms with Gasteiger partial charge >= 0.3 is 10.1 Å². The molecule has 8 heteroatoms. The van der Waals surface area contributed by atoms with Gasteiger partial charge in [0.25, 0.3) is 0 Å². The monoisotopic (exact) mass is 611 g/mol. The third kappa shape index (κ3) is 9.98. The predicted molar refractivity (Wildman–Crippen MR) is 144 cm³/mol. The number of aryl methyl sites for hydroxylation is 3. The summed E-state index contributed by atoms with van der Waals surface area (Å²) in [6.07, 6.45) is 3.42. The van der Waals surface area contributed by atoms with Crippen molar-refractivity contribution in [2.75, 3.05) is 20.2 Å². The molecule has 0 bridgehead atoms. The largest absolute Gasteiger partial charge is 0.396 e. The van der Waals surface area contributed by atoms with Crippen LogP contribution in [0.4, 0.5) is 0 Å². The molecule has 34 heavy (non-hydrogen) atoms. The molecule has 0 saturated heterocycles. The highest BCUT2D eigenvalue weighted by molar-refractivity contribution is 9.10. The van der Waals surface area contributed by atoms with Gasteiger partial charge in [-0.05, 0) is 68.0 Å². The van der Waals surface area contributed by atoms with Crippen LogP contribution in [0.25, 0.3) is 0 Å². The molecule has 3 aromatic rings. The van der Waals surface area contributed by atoms with E-state index in [-0.39, 0.29) is 11.5 Å². The molecule has 0 saturated carbocycles. The topological polar surface area (TPSA) is 66.8 Å². The Labute approximate surface area is 220 Å². The van der Waals surface area contributed by atoms with Gasteiger partial charge in [-0.15, -0.1) is 0 Å². The fraction of sp³-hybridized carbons (Fsp3) is 0.308. The maximum atomic E-state index is 12.2. The molecule has 3 rings (SSSR count). The minimum absolute atomic E-state index is 0.167. The molecule has 0 aromatic heterocycles. The highest BCUT2D eigenvalue weighted by atomic mass is 79.9. The van der Waals surface area contributed by atoms with Gasteiger partial charge in [0.05, 0.1) is 4.90 Å². The molecule has 0 aliphatic heterocycles. The van der Waals surface area contributed by atoms with E-state index in [1.807, 2.05) is 49.4 Å². The zero-order chi connectivity index (χ0) is 25.0. The molecule has 184 valence electrons. The van der Waals surface area contributed by atoms with Crippen LogP contribution in [-0.4, -0.2) is 38.8 Å². The van der Waals surface area contributed by atoms with Gasteiger partial charge in [0.2, 0.25) is 0 Å². The quantitative estimate of drug-likeness (QED) is 0.272. The van der Waals surface area contributed by atoms with E-state index in [2.05, 4.69) is 37.9 Å². The first kappa shape index (κ1) is 28.7. The van der Waals surface area contributed by atoms with Crippen molar-refractivity contribution in [3.05, 3.63) is 98.4 Å². The van der Waals surface area contributed by atoms with Crippen LogP contribution in [0.5, 0.6) is 0 Å². The first-order chi connectivity index (χ1) is 16.2. The Kier molecular flexibility index (Phi) is 12.5. The van der Waals surface area contributed by atoms with Crippen LogP contribution in [0.2, 0.25) is 0 Å². The Morgan fingerprint density at radius 1 is 0.824 bits per heavy atom. The number of hydrogen-bond donors (Lipinski definition) is 1. The number of hydrogen-bond acceptors (Lipinski definition) is 5. The molecule has 0 heterocycles. The van der Waals surface area contributed by atoms with Crippen molar-refractivity contribution >= 4 is 42.0 Å². The van der Waals surface area contributed by atoms with Gasteiger partial charge in [0.15, 0.2) is 0 Å². The van der Waals surface area contributed by atoms with E-state index in [4.69, 9.17) is 9.39 Å². The number of aliphatic hydroxyl groups excluding tert-OH is 1. The maximum Gasteiger partial charge on any atom is 0.313 e. The van der Waals surface area contributed by atoms with Gasteiger partial charge in [0.1, 0.15) is 0 Å². The number of nitrogens with zero attached hydrogens (tertiary/aromatic N) is 1. The summed E-state index contributed by atoms with van der Waals surface area (Å²) in [5.74, 6) is 0. The summed E-state index contributed by atoms with van der Waals surface area (Å²) in [6.45, 7) is 2.69. The Morgan fingerprint density at radius 3 is 1.82 bits per heavy atom. The van der Waals surface area contributed by atoms with E-state index in [0.717, 1.165) is 40.2 Å². The van der Waals surface area contributed by atoms with Gasteiger partial charge in [-0.3, -0.25) is 0 Å². The van der Waals surface area contributed by atoms with Crippen LogP contribution >= 0.6 is 31.9 Å². The highest BCUT2D eigenvalue weighted by Gasteiger charge is 2.18. The normalized spacial score (nSPS) is 11.2. The smallest absolute Gasteiger partial charge is 0.313 e. The van der Waals surface area contributed by atoms with Gasteiger partial charge in [-0.2, -0.15) is 17.8 Å². The maximum absolute atomic E-state index is 12.2. The van der Waals surface area contributed by atoms with Gasteiger partial charge in [-0.1, -0.05) is 86.0 Å². The van der Waals surface area contributed by atoms with Gasteiger partial charge < -0.3 is 5.11 Å². The lowest BCUT2D eigenvalue weighted by Crippen LogP contribution is -2.25. The van der Waals surface area contributed by atoms with Crippen molar-refractivity contribution < 1.29 is 17.8 Å². The van der Waals surface area contributed by atoms with Crippen LogP contribution in [0, 0.1) is 6.92 Å². The van der Waals surface area contributed by atoms with E-state index >= 15 is 0 Å². The summed E-state index contributed by atoms with van der Waals surface area (Å²) in [4.78, 5) is 0.167. The Bertz CT molecular complexity index is 1120. The van der Waals surface area contributed by atoms with E-state index < -0.39 is 10.1 Å².